The first-order valence-electron chi connectivity index (χ1n) is 6.08. The number of unbranched alkanes of at least 4 members (excludes halogenated alkanes) is 2. The number of hydrogen-bond acceptors (Lipinski definition) is 2. The van der Waals surface area contributed by atoms with Crippen LogP contribution >= 0.6 is 0 Å². The summed E-state index contributed by atoms with van der Waals surface area (Å²) in [5, 5.41) is 18.7. The van der Waals surface area contributed by atoms with Gasteiger partial charge < -0.3 is 10.2 Å². The highest BCUT2D eigenvalue weighted by molar-refractivity contribution is 4.84. The minimum atomic E-state index is -0.0941. The van der Waals surface area contributed by atoms with E-state index < -0.39 is 0 Å². The van der Waals surface area contributed by atoms with E-state index in [0.717, 1.165) is 25.7 Å². The van der Waals surface area contributed by atoms with Gasteiger partial charge in [-0.2, -0.15) is 0 Å². The van der Waals surface area contributed by atoms with Gasteiger partial charge in [0.25, 0.3) is 0 Å². The molecule has 1 fully saturated rings. The van der Waals surface area contributed by atoms with Gasteiger partial charge in [-0.3, -0.25) is 0 Å². The summed E-state index contributed by atoms with van der Waals surface area (Å²) in [4.78, 5) is 0. The fourth-order valence-electron chi connectivity index (χ4n) is 2.71. The summed E-state index contributed by atoms with van der Waals surface area (Å²) in [5.41, 5.74) is 0. The molecule has 0 aromatic heterocycles. The number of aliphatic hydroxyl groups excluding tert-OH is 2. The van der Waals surface area contributed by atoms with Crippen LogP contribution in [0.25, 0.3) is 0 Å². The number of hydrogen-bond donors (Lipinski definition) is 2. The molecule has 0 aromatic carbocycles. The predicted molar refractivity (Wildman–Crippen MR) is 58.1 cm³/mol. The van der Waals surface area contributed by atoms with E-state index in [4.69, 9.17) is 5.11 Å². The Balaban J connectivity index is 2.29. The van der Waals surface area contributed by atoms with E-state index in [9.17, 15) is 5.11 Å². The van der Waals surface area contributed by atoms with E-state index in [2.05, 4.69) is 6.92 Å². The Labute approximate surface area is 87.3 Å². The van der Waals surface area contributed by atoms with Gasteiger partial charge in [0, 0.05) is 6.61 Å². The minimum absolute atomic E-state index is 0.0941. The standard InChI is InChI=1S/C12H24O2/c1-2-3-4-5-11-10(8-9-13)6-7-12(11)14/h10-14H,2-9H2,1H3/t10-,11-,12+/m1/s1. The molecule has 0 amide bonds. The summed E-state index contributed by atoms with van der Waals surface area (Å²) in [6, 6.07) is 0. The lowest BCUT2D eigenvalue weighted by molar-refractivity contribution is 0.102. The first-order valence-corrected chi connectivity index (χ1v) is 6.08. The Morgan fingerprint density at radius 1 is 1.14 bits per heavy atom. The molecule has 0 aromatic rings. The van der Waals surface area contributed by atoms with E-state index >= 15 is 0 Å². The fraction of sp³-hybridized carbons (Fsp3) is 1.00. The zero-order chi connectivity index (χ0) is 10.4. The Morgan fingerprint density at radius 3 is 2.57 bits per heavy atom. The number of rotatable bonds is 6. The van der Waals surface area contributed by atoms with Crippen LogP contribution in [0.5, 0.6) is 0 Å². The van der Waals surface area contributed by atoms with Crippen molar-refractivity contribution in [2.45, 2.75) is 58.0 Å². The molecule has 0 unspecified atom stereocenters. The van der Waals surface area contributed by atoms with Crippen LogP contribution in [0, 0.1) is 11.8 Å². The molecule has 1 aliphatic rings. The molecule has 1 rings (SSSR count). The van der Waals surface area contributed by atoms with Gasteiger partial charge in [-0.15, -0.1) is 0 Å². The Hall–Kier alpha value is -0.0800. The predicted octanol–water partition coefficient (Wildman–Crippen LogP) is 2.34. The molecule has 2 nitrogen and oxygen atoms in total. The van der Waals surface area contributed by atoms with Gasteiger partial charge in [-0.25, -0.2) is 0 Å². The third-order valence-electron chi connectivity index (χ3n) is 3.57. The van der Waals surface area contributed by atoms with Crippen LogP contribution in [-0.4, -0.2) is 22.9 Å². The van der Waals surface area contributed by atoms with E-state index in [-0.39, 0.29) is 12.7 Å². The van der Waals surface area contributed by atoms with E-state index in [1.807, 2.05) is 0 Å². The van der Waals surface area contributed by atoms with Crippen molar-refractivity contribution in [3.05, 3.63) is 0 Å². The van der Waals surface area contributed by atoms with Crippen molar-refractivity contribution in [3.63, 3.8) is 0 Å². The summed E-state index contributed by atoms with van der Waals surface area (Å²) < 4.78 is 0. The molecule has 0 aliphatic heterocycles. The van der Waals surface area contributed by atoms with Crippen LogP contribution in [0.15, 0.2) is 0 Å². The zero-order valence-corrected chi connectivity index (χ0v) is 9.28. The zero-order valence-electron chi connectivity index (χ0n) is 9.28. The third kappa shape index (κ3) is 3.25. The minimum Gasteiger partial charge on any atom is -0.396 e. The van der Waals surface area contributed by atoms with Crippen molar-refractivity contribution >= 4 is 0 Å². The lowest BCUT2D eigenvalue weighted by atomic mass is 9.87. The summed E-state index contributed by atoms with van der Waals surface area (Å²) in [6.07, 6.45) is 7.75. The maximum atomic E-state index is 9.80. The van der Waals surface area contributed by atoms with Gasteiger partial charge >= 0.3 is 0 Å². The van der Waals surface area contributed by atoms with Crippen molar-refractivity contribution in [1.82, 2.24) is 0 Å². The summed E-state index contributed by atoms with van der Waals surface area (Å²) in [5.74, 6) is 1.04. The molecule has 84 valence electrons. The fourth-order valence-corrected chi connectivity index (χ4v) is 2.71. The van der Waals surface area contributed by atoms with Gasteiger partial charge in [0.1, 0.15) is 0 Å². The molecule has 0 spiro atoms. The smallest absolute Gasteiger partial charge is 0.0571 e. The summed E-state index contributed by atoms with van der Waals surface area (Å²) in [7, 11) is 0. The van der Waals surface area contributed by atoms with Gasteiger partial charge in [-0.05, 0) is 37.5 Å². The van der Waals surface area contributed by atoms with Crippen LogP contribution in [0.2, 0.25) is 0 Å². The maximum Gasteiger partial charge on any atom is 0.0571 e. The van der Waals surface area contributed by atoms with Crippen molar-refractivity contribution in [1.29, 1.82) is 0 Å². The largest absolute Gasteiger partial charge is 0.396 e. The number of aliphatic hydroxyl groups is 2. The van der Waals surface area contributed by atoms with E-state index in [1.54, 1.807) is 0 Å². The second-order valence-corrected chi connectivity index (χ2v) is 4.58. The molecular weight excluding hydrogens is 176 g/mol. The Kier molecular flexibility index (Phi) is 5.49. The molecule has 0 heterocycles. The first kappa shape index (κ1) is 12.0. The van der Waals surface area contributed by atoms with Crippen LogP contribution in [0.1, 0.15) is 51.9 Å². The lowest BCUT2D eigenvalue weighted by Crippen LogP contribution is -2.19. The summed E-state index contributed by atoms with van der Waals surface area (Å²) in [6.45, 7) is 2.48. The van der Waals surface area contributed by atoms with Crippen LogP contribution in [-0.2, 0) is 0 Å². The highest BCUT2D eigenvalue weighted by Crippen LogP contribution is 2.37. The van der Waals surface area contributed by atoms with Gasteiger partial charge in [0.15, 0.2) is 0 Å². The second-order valence-electron chi connectivity index (χ2n) is 4.58. The highest BCUT2D eigenvalue weighted by atomic mass is 16.3. The molecule has 2 N–H and O–H groups in total. The van der Waals surface area contributed by atoms with Crippen LogP contribution in [0.3, 0.4) is 0 Å². The molecule has 1 aliphatic carbocycles. The molecule has 0 saturated heterocycles. The quantitative estimate of drug-likeness (QED) is 0.646. The average Bonchev–Trinajstić information content (AvgIpc) is 2.50. The molecule has 3 atom stereocenters. The normalized spacial score (nSPS) is 32.4. The molecule has 0 radical (unpaired) electrons. The molecule has 0 bridgehead atoms. The van der Waals surface area contributed by atoms with Gasteiger partial charge in [0.05, 0.1) is 6.10 Å². The maximum absolute atomic E-state index is 9.80. The van der Waals surface area contributed by atoms with E-state index in [0.29, 0.717) is 11.8 Å². The van der Waals surface area contributed by atoms with Crippen molar-refractivity contribution in [3.8, 4) is 0 Å². The Morgan fingerprint density at radius 2 is 1.93 bits per heavy atom. The van der Waals surface area contributed by atoms with Crippen LogP contribution < -0.4 is 0 Å². The topological polar surface area (TPSA) is 40.5 Å². The molecule has 2 heteroatoms. The first-order chi connectivity index (χ1) is 6.79. The van der Waals surface area contributed by atoms with Crippen molar-refractivity contribution < 1.29 is 10.2 Å². The molecular formula is C12H24O2. The van der Waals surface area contributed by atoms with Gasteiger partial charge in [-0.1, -0.05) is 26.2 Å². The molecule has 1 saturated carbocycles. The Bertz CT molecular complexity index is 145. The highest BCUT2D eigenvalue weighted by Gasteiger charge is 2.33. The monoisotopic (exact) mass is 200 g/mol. The summed E-state index contributed by atoms with van der Waals surface area (Å²) >= 11 is 0. The van der Waals surface area contributed by atoms with Crippen LogP contribution in [0.4, 0.5) is 0 Å². The lowest BCUT2D eigenvalue weighted by Gasteiger charge is -2.21. The third-order valence-corrected chi connectivity index (χ3v) is 3.57. The SMILES string of the molecule is CCCCC[C@@H]1[C@@H](CCO)CC[C@@H]1O. The van der Waals surface area contributed by atoms with Crippen molar-refractivity contribution in [2.75, 3.05) is 6.61 Å². The molecule has 14 heavy (non-hydrogen) atoms. The van der Waals surface area contributed by atoms with Crippen molar-refractivity contribution in [2.24, 2.45) is 11.8 Å². The van der Waals surface area contributed by atoms with E-state index in [1.165, 1.54) is 19.3 Å². The average molecular weight is 200 g/mol. The van der Waals surface area contributed by atoms with Gasteiger partial charge in [0.2, 0.25) is 0 Å². The second kappa shape index (κ2) is 6.41.